The lowest BCUT2D eigenvalue weighted by Gasteiger charge is -2.15. The highest BCUT2D eigenvalue weighted by Gasteiger charge is 2.16. The molecule has 8 nitrogen and oxygen atoms in total. The molecule has 0 saturated heterocycles. The Morgan fingerprint density at radius 3 is 2.75 bits per heavy atom. The van der Waals surface area contributed by atoms with E-state index in [0.717, 1.165) is 17.6 Å². The van der Waals surface area contributed by atoms with Gasteiger partial charge in [0, 0.05) is 30.9 Å². The average Bonchev–Trinajstić information content (AvgIpc) is 3.06. The number of rotatable bonds is 5. The lowest BCUT2D eigenvalue weighted by atomic mass is 10.2. The van der Waals surface area contributed by atoms with Gasteiger partial charge in [-0.2, -0.15) is 4.98 Å². The van der Waals surface area contributed by atoms with Gasteiger partial charge in [0.25, 0.3) is 0 Å². The van der Waals surface area contributed by atoms with Gasteiger partial charge in [-0.15, -0.1) is 0 Å². The number of anilines is 3. The largest absolute Gasteiger partial charge is 0.346 e. The highest BCUT2D eigenvalue weighted by atomic mass is 19.1. The average molecular weight is 382 g/mol. The van der Waals surface area contributed by atoms with Crippen molar-refractivity contribution in [2.45, 2.75) is 13.0 Å². The molecule has 4 aromatic rings. The lowest BCUT2D eigenvalue weighted by Crippen LogP contribution is -2.14. The van der Waals surface area contributed by atoms with E-state index in [4.69, 9.17) is 0 Å². The molecule has 0 aliphatic rings. The maximum atomic E-state index is 14.0. The van der Waals surface area contributed by atoms with Crippen molar-refractivity contribution in [3.8, 4) is 0 Å². The highest BCUT2D eigenvalue weighted by molar-refractivity contribution is 5.90. The van der Waals surface area contributed by atoms with E-state index in [1.165, 1.54) is 0 Å². The number of fused-ring (bicyclic) bond motifs is 1. The van der Waals surface area contributed by atoms with Crippen molar-refractivity contribution in [1.82, 2.24) is 29.5 Å². The molecule has 4 aromatic heterocycles. The monoisotopic (exact) mass is 382 g/mol. The fraction of sp³-hybridized carbons (Fsp3) is 0.167. The van der Waals surface area contributed by atoms with Gasteiger partial charge in [-0.1, -0.05) is 0 Å². The molecule has 10 heteroatoms. The molecule has 0 aromatic carbocycles. The summed E-state index contributed by atoms with van der Waals surface area (Å²) in [6.45, 7) is 1.69. The van der Waals surface area contributed by atoms with Gasteiger partial charge < -0.3 is 15.2 Å². The molecule has 0 unspecified atom stereocenters. The SMILES string of the molecule is C[C@@H](Nc1nc(Nc2cn(C)cn2)c2ccncc2n1)c1ncc(F)cc1F. The van der Waals surface area contributed by atoms with Gasteiger partial charge in [0.1, 0.15) is 23.3 Å². The first-order valence-electron chi connectivity index (χ1n) is 8.44. The number of imidazole rings is 1. The van der Waals surface area contributed by atoms with Crippen molar-refractivity contribution in [2.24, 2.45) is 7.05 Å². The van der Waals surface area contributed by atoms with Crippen LogP contribution in [0.1, 0.15) is 18.7 Å². The molecule has 0 amide bonds. The summed E-state index contributed by atoms with van der Waals surface area (Å²) < 4.78 is 28.9. The quantitative estimate of drug-likeness (QED) is 0.547. The van der Waals surface area contributed by atoms with Gasteiger partial charge in [0.2, 0.25) is 5.95 Å². The van der Waals surface area contributed by atoms with Crippen molar-refractivity contribution in [2.75, 3.05) is 10.6 Å². The van der Waals surface area contributed by atoms with Crippen LogP contribution in [-0.2, 0) is 7.05 Å². The predicted octanol–water partition coefficient (Wildman–Crippen LogP) is 3.35. The van der Waals surface area contributed by atoms with Crippen LogP contribution in [0.2, 0.25) is 0 Å². The summed E-state index contributed by atoms with van der Waals surface area (Å²) in [4.78, 5) is 21.0. The lowest BCUT2D eigenvalue weighted by molar-refractivity contribution is 0.550. The van der Waals surface area contributed by atoms with E-state index < -0.39 is 17.7 Å². The van der Waals surface area contributed by atoms with Gasteiger partial charge >= 0.3 is 0 Å². The molecule has 0 fully saturated rings. The maximum absolute atomic E-state index is 14.0. The minimum atomic E-state index is -0.741. The number of halogens is 2. The minimum absolute atomic E-state index is 0.0653. The second-order valence-corrected chi connectivity index (χ2v) is 6.22. The third-order valence-electron chi connectivity index (χ3n) is 4.04. The Morgan fingerprint density at radius 2 is 2.00 bits per heavy atom. The van der Waals surface area contributed by atoms with Crippen LogP contribution in [0.4, 0.5) is 26.4 Å². The van der Waals surface area contributed by atoms with Crippen LogP contribution in [0.15, 0.2) is 43.2 Å². The number of pyridine rings is 2. The van der Waals surface area contributed by atoms with Gasteiger partial charge in [0.15, 0.2) is 0 Å². The molecule has 142 valence electrons. The fourth-order valence-electron chi connectivity index (χ4n) is 2.74. The van der Waals surface area contributed by atoms with Crippen molar-refractivity contribution in [3.05, 3.63) is 60.6 Å². The van der Waals surface area contributed by atoms with E-state index in [0.29, 0.717) is 17.2 Å². The third-order valence-corrected chi connectivity index (χ3v) is 4.04. The van der Waals surface area contributed by atoms with Gasteiger partial charge in [-0.3, -0.25) is 9.97 Å². The summed E-state index contributed by atoms with van der Waals surface area (Å²) in [6, 6.07) is 1.99. The van der Waals surface area contributed by atoms with Crippen molar-refractivity contribution in [1.29, 1.82) is 0 Å². The Morgan fingerprint density at radius 1 is 1.14 bits per heavy atom. The van der Waals surface area contributed by atoms with E-state index in [-0.39, 0.29) is 11.6 Å². The normalized spacial score (nSPS) is 12.1. The first-order chi connectivity index (χ1) is 13.5. The van der Waals surface area contributed by atoms with Crippen LogP contribution in [0.25, 0.3) is 10.9 Å². The van der Waals surface area contributed by atoms with Crippen LogP contribution in [0.5, 0.6) is 0 Å². The van der Waals surface area contributed by atoms with E-state index in [1.54, 1.807) is 36.3 Å². The van der Waals surface area contributed by atoms with Gasteiger partial charge in [-0.05, 0) is 13.0 Å². The first-order valence-corrected chi connectivity index (χ1v) is 8.44. The zero-order chi connectivity index (χ0) is 19.7. The second-order valence-electron chi connectivity index (χ2n) is 6.22. The molecule has 2 N–H and O–H groups in total. The topological polar surface area (TPSA) is 93.4 Å². The Kier molecular flexibility index (Phi) is 4.52. The van der Waals surface area contributed by atoms with Crippen LogP contribution >= 0.6 is 0 Å². The van der Waals surface area contributed by atoms with E-state index in [9.17, 15) is 8.78 Å². The molecule has 1 atom stereocenters. The summed E-state index contributed by atoms with van der Waals surface area (Å²) in [6.07, 6.45) is 7.69. The summed E-state index contributed by atoms with van der Waals surface area (Å²) >= 11 is 0. The smallest absolute Gasteiger partial charge is 0.225 e. The Bertz CT molecular complexity index is 1140. The molecular weight excluding hydrogens is 366 g/mol. The van der Waals surface area contributed by atoms with Crippen LogP contribution < -0.4 is 10.6 Å². The molecule has 0 saturated carbocycles. The molecule has 0 aliphatic carbocycles. The van der Waals surface area contributed by atoms with E-state index >= 15 is 0 Å². The number of nitrogens with one attached hydrogen (secondary N) is 2. The molecule has 0 aliphatic heterocycles. The molecule has 28 heavy (non-hydrogen) atoms. The molecule has 0 bridgehead atoms. The summed E-state index contributed by atoms with van der Waals surface area (Å²) in [5.74, 6) is -0.0903. The number of aryl methyl sites for hydroxylation is 1. The first kappa shape index (κ1) is 17.7. The minimum Gasteiger partial charge on any atom is -0.346 e. The Hall–Kier alpha value is -3.69. The van der Waals surface area contributed by atoms with Crippen molar-refractivity contribution >= 4 is 28.5 Å². The molecule has 0 spiro atoms. The third kappa shape index (κ3) is 3.56. The van der Waals surface area contributed by atoms with E-state index in [2.05, 4.69) is 35.6 Å². The molecule has 0 radical (unpaired) electrons. The van der Waals surface area contributed by atoms with Crippen LogP contribution in [0.3, 0.4) is 0 Å². The summed E-state index contributed by atoms with van der Waals surface area (Å²) in [5.41, 5.74) is 0.661. The Balaban J connectivity index is 1.69. The highest BCUT2D eigenvalue weighted by Crippen LogP contribution is 2.26. The molecule has 4 heterocycles. The zero-order valence-electron chi connectivity index (χ0n) is 15.1. The fourth-order valence-corrected chi connectivity index (χ4v) is 2.74. The number of hydrogen-bond donors (Lipinski definition) is 2. The number of hydrogen-bond acceptors (Lipinski definition) is 7. The van der Waals surface area contributed by atoms with Gasteiger partial charge in [0.05, 0.1) is 36.0 Å². The molecule has 4 rings (SSSR count). The standard InChI is InChI=1S/C18H16F2N8/c1-10(16-13(20)5-11(19)6-22-16)24-18-25-14-7-21-4-3-12(14)17(27-18)26-15-8-28(2)9-23-15/h3-10H,1-2H3,(H2,24,25,26,27)/t10-/m1/s1. The van der Waals surface area contributed by atoms with Crippen molar-refractivity contribution < 1.29 is 8.78 Å². The number of nitrogens with zero attached hydrogens (tertiary/aromatic N) is 6. The van der Waals surface area contributed by atoms with E-state index in [1.807, 2.05) is 13.2 Å². The maximum Gasteiger partial charge on any atom is 0.225 e. The Labute approximate surface area is 158 Å². The number of aromatic nitrogens is 6. The zero-order valence-corrected chi connectivity index (χ0v) is 15.1. The van der Waals surface area contributed by atoms with Crippen LogP contribution in [0, 0.1) is 11.6 Å². The predicted molar refractivity (Wildman–Crippen MR) is 100 cm³/mol. The summed E-state index contributed by atoms with van der Waals surface area (Å²) in [7, 11) is 1.86. The molecular formula is C18H16F2N8. The second kappa shape index (κ2) is 7.14. The van der Waals surface area contributed by atoms with Gasteiger partial charge in [-0.25, -0.2) is 18.7 Å². The van der Waals surface area contributed by atoms with Crippen LogP contribution in [-0.4, -0.2) is 29.5 Å². The van der Waals surface area contributed by atoms with Crippen molar-refractivity contribution in [3.63, 3.8) is 0 Å². The summed E-state index contributed by atoms with van der Waals surface area (Å²) in [5, 5.41) is 6.91.